The number of sulfone groups is 1. The summed E-state index contributed by atoms with van der Waals surface area (Å²) in [7, 11) is -3.00. The monoisotopic (exact) mass is 291 g/mol. The highest BCUT2D eigenvalue weighted by Crippen LogP contribution is 2.22. The van der Waals surface area contributed by atoms with Crippen molar-refractivity contribution in [3.05, 3.63) is 28.8 Å². The fraction of sp³-hybridized carbons (Fsp3) is 0.500. The Bertz CT molecular complexity index is 488. The molecule has 0 aliphatic rings. The Morgan fingerprint density at radius 3 is 2.72 bits per heavy atom. The van der Waals surface area contributed by atoms with Crippen LogP contribution in [0.3, 0.4) is 0 Å². The molecule has 1 aromatic rings. The molecule has 0 saturated carbocycles. The van der Waals surface area contributed by atoms with Crippen molar-refractivity contribution in [2.75, 3.05) is 25.2 Å². The van der Waals surface area contributed by atoms with Gasteiger partial charge < -0.3 is 10.1 Å². The van der Waals surface area contributed by atoms with Gasteiger partial charge in [0, 0.05) is 23.4 Å². The lowest BCUT2D eigenvalue weighted by atomic mass is 10.2. The number of ether oxygens (including phenoxy) is 1. The van der Waals surface area contributed by atoms with E-state index in [-0.39, 0.29) is 12.4 Å². The van der Waals surface area contributed by atoms with E-state index in [1.54, 1.807) is 12.1 Å². The van der Waals surface area contributed by atoms with Crippen molar-refractivity contribution in [2.45, 2.75) is 13.5 Å². The van der Waals surface area contributed by atoms with Gasteiger partial charge in [0.25, 0.3) is 0 Å². The number of hydrogen-bond acceptors (Lipinski definition) is 4. The molecule has 0 fully saturated rings. The summed E-state index contributed by atoms with van der Waals surface area (Å²) in [4.78, 5) is 0. The van der Waals surface area contributed by atoms with Gasteiger partial charge in [-0.2, -0.15) is 0 Å². The van der Waals surface area contributed by atoms with Gasteiger partial charge in [-0.25, -0.2) is 8.42 Å². The average Bonchev–Trinajstić information content (AvgIpc) is 2.27. The van der Waals surface area contributed by atoms with Crippen LogP contribution in [-0.4, -0.2) is 33.6 Å². The molecule has 0 amide bonds. The highest BCUT2D eigenvalue weighted by Gasteiger charge is 2.07. The summed E-state index contributed by atoms with van der Waals surface area (Å²) in [5, 5.41) is 3.82. The molecule has 6 heteroatoms. The molecule has 4 nitrogen and oxygen atoms in total. The van der Waals surface area contributed by atoms with E-state index in [1.807, 2.05) is 13.0 Å². The molecule has 1 aromatic carbocycles. The van der Waals surface area contributed by atoms with Crippen LogP contribution in [0.4, 0.5) is 0 Å². The Morgan fingerprint density at radius 2 is 2.11 bits per heavy atom. The molecule has 1 rings (SSSR count). The molecular weight excluding hydrogens is 274 g/mol. The Hall–Kier alpha value is -0.780. The van der Waals surface area contributed by atoms with Gasteiger partial charge in [0.2, 0.25) is 0 Å². The van der Waals surface area contributed by atoms with Gasteiger partial charge in [-0.3, -0.25) is 0 Å². The molecule has 0 aromatic heterocycles. The molecule has 0 spiro atoms. The maximum absolute atomic E-state index is 11.0. The van der Waals surface area contributed by atoms with Gasteiger partial charge in [-0.05, 0) is 24.7 Å². The van der Waals surface area contributed by atoms with Gasteiger partial charge in [-0.15, -0.1) is 0 Å². The normalized spacial score (nSPS) is 11.5. The zero-order valence-electron chi connectivity index (χ0n) is 10.6. The molecule has 0 unspecified atom stereocenters. The van der Waals surface area contributed by atoms with Crippen LogP contribution >= 0.6 is 11.6 Å². The van der Waals surface area contributed by atoms with E-state index < -0.39 is 9.84 Å². The summed E-state index contributed by atoms with van der Waals surface area (Å²) in [6.45, 7) is 3.65. The molecule has 0 atom stereocenters. The third-order valence-corrected chi connectivity index (χ3v) is 3.44. The Morgan fingerprint density at radius 1 is 1.39 bits per heavy atom. The zero-order chi connectivity index (χ0) is 13.6. The van der Waals surface area contributed by atoms with E-state index >= 15 is 0 Å². The molecule has 0 saturated heterocycles. The fourth-order valence-electron chi connectivity index (χ4n) is 1.39. The first-order valence-corrected chi connectivity index (χ1v) is 8.16. The summed E-state index contributed by atoms with van der Waals surface area (Å²) in [6.07, 6.45) is 1.19. The smallest absolute Gasteiger partial charge is 0.150 e. The van der Waals surface area contributed by atoms with Crippen molar-refractivity contribution in [2.24, 2.45) is 0 Å². The lowest BCUT2D eigenvalue weighted by molar-refractivity contribution is 0.336. The highest BCUT2D eigenvalue weighted by molar-refractivity contribution is 7.90. The third-order valence-electron chi connectivity index (χ3n) is 2.30. The van der Waals surface area contributed by atoms with Crippen molar-refractivity contribution in [3.63, 3.8) is 0 Å². The van der Waals surface area contributed by atoms with E-state index in [4.69, 9.17) is 16.3 Å². The lowest BCUT2D eigenvalue weighted by Gasteiger charge is -2.12. The topological polar surface area (TPSA) is 55.4 Å². The number of nitrogens with one attached hydrogen (secondary N) is 1. The molecule has 102 valence electrons. The molecule has 18 heavy (non-hydrogen) atoms. The van der Waals surface area contributed by atoms with E-state index in [2.05, 4.69) is 5.32 Å². The Labute approximate surface area is 113 Å². The zero-order valence-corrected chi connectivity index (χ0v) is 12.1. The maximum Gasteiger partial charge on any atom is 0.150 e. The van der Waals surface area contributed by atoms with Crippen LogP contribution in [0.5, 0.6) is 5.75 Å². The molecule has 1 N–H and O–H groups in total. The summed E-state index contributed by atoms with van der Waals surface area (Å²) in [6, 6.07) is 5.31. The summed E-state index contributed by atoms with van der Waals surface area (Å²) >= 11 is 5.92. The van der Waals surface area contributed by atoms with Crippen LogP contribution in [0, 0.1) is 0 Å². The molecule has 0 heterocycles. The first-order chi connectivity index (χ1) is 8.42. The largest absolute Gasteiger partial charge is 0.492 e. The predicted octanol–water partition coefficient (Wildman–Crippen LogP) is 1.87. The second kappa shape index (κ2) is 6.97. The van der Waals surface area contributed by atoms with Crippen molar-refractivity contribution >= 4 is 21.4 Å². The van der Waals surface area contributed by atoms with Gasteiger partial charge in [-0.1, -0.05) is 18.5 Å². The van der Waals surface area contributed by atoms with Gasteiger partial charge in [0.15, 0.2) is 9.84 Å². The van der Waals surface area contributed by atoms with E-state index in [0.29, 0.717) is 17.3 Å². The Kier molecular flexibility index (Phi) is 5.91. The molecule has 0 radical (unpaired) electrons. The minimum absolute atomic E-state index is 0.0102. The molecule has 0 aliphatic heterocycles. The highest BCUT2D eigenvalue weighted by atomic mass is 35.5. The first-order valence-electron chi connectivity index (χ1n) is 5.72. The maximum atomic E-state index is 11.0. The van der Waals surface area contributed by atoms with Crippen LogP contribution in [0.25, 0.3) is 0 Å². The van der Waals surface area contributed by atoms with Crippen LogP contribution in [0.1, 0.15) is 12.5 Å². The third kappa shape index (κ3) is 5.71. The van der Waals surface area contributed by atoms with Gasteiger partial charge >= 0.3 is 0 Å². The lowest BCUT2D eigenvalue weighted by Crippen LogP contribution is -2.15. The minimum Gasteiger partial charge on any atom is -0.492 e. The van der Waals surface area contributed by atoms with Crippen molar-refractivity contribution in [1.82, 2.24) is 5.32 Å². The predicted molar refractivity (Wildman–Crippen MR) is 74.0 cm³/mol. The quantitative estimate of drug-likeness (QED) is 0.833. The first kappa shape index (κ1) is 15.3. The number of benzene rings is 1. The van der Waals surface area contributed by atoms with Crippen LogP contribution in [-0.2, 0) is 16.4 Å². The van der Waals surface area contributed by atoms with Crippen LogP contribution < -0.4 is 10.1 Å². The average molecular weight is 292 g/mol. The number of rotatable bonds is 7. The number of hydrogen-bond donors (Lipinski definition) is 1. The molecule has 0 bridgehead atoms. The van der Waals surface area contributed by atoms with Gasteiger partial charge in [0.05, 0.1) is 5.75 Å². The minimum atomic E-state index is -3.00. The van der Waals surface area contributed by atoms with E-state index in [0.717, 1.165) is 12.1 Å². The summed E-state index contributed by atoms with van der Waals surface area (Å²) < 4.78 is 27.5. The summed E-state index contributed by atoms with van der Waals surface area (Å²) in [5.41, 5.74) is 0.929. The van der Waals surface area contributed by atoms with Crippen LogP contribution in [0.15, 0.2) is 18.2 Å². The Balaban J connectivity index is 2.68. The molecular formula is C12H18ClNO3S. The van der Waals surface area contributed by atoms with E-state index in [1.165, 1.54) is 6.26 Å². The van der Waals surface area contributed by atoms with Gasteiger partial charge in [0.1, 0.15) is 12.4 Å². The summed E-state index contributed by atoms with van der Waals surface area (Å²) in [5.74, 6) is 0.681. The van der Waals surface area contributed by atoms with Crippen LogP contribution in [0.2, 0.25) is 5.02 Å². The van der Waals surface area contributed by atoms with Crippen molar-refractivity contribution < 1.29 is 13.2 Å². The fourth-order valence-corrected chi connectivity index (χ4v) is 1.97. The second-order valence-corrected chi connectivity index (χ2v) is 6.71. The van der Waals surface area contributed by atoms with E-state index in [9.17, 15) is 8.42 Å². The molecule has 0 aliphatic carbocycles. The van der Waals surface area contributed by atoms with Crippen molar-refractivity contribution in [3.8, 4) is 5.75 Å². The standard InChI is InChI=1S/C12H18ClNO3S/c1-3-14-9-10-8-11(13)4-5-12(10)17-6-7-18(2,15)16/h4-5,8,14H,3,6-7,9H2,1-2H3. The van der Waals surface area contributed by atoms with Crippen molar-refractivity contribution in [1.29, 1.82) is 0 Å². The second-order valence-electron chi connectivity index (χ2n) is 4.01. The SMILES string of the molecule is CCNCc1cc(Cl)ccc1OCCS(C)(=O)=O. The number of halogens is 1.